The van der Waals surface area contributed by atoms with Crippen molar-refractivity contribution in [3.05, 3.63) is 106 Å². The van der Waals surface area contributed by atoms with Gasteiger partial charge in [0, 0.05) is 27.6 Å². The fourth-order valence-corrected chi connectivity index (χ4v) is 4.40. The number of rotatable bonds is 7. The summed E-state index contributed by atoms with van der Waals surface area (Å²) in [5.74, 6) is 0.415. The summed E-state index contributed by atoms with van der Waals surface area (Å²) < 4.78 is 14.5. The average Bonchev–Trinajstić information content (AvgIpc) is 3.49. The second kappa shape index (κ2) is 9.85. The third kappa shape index (κ3) is 4.76. The molecule has 0 fully saturated rings. The predicted octanol–water partition coefficient (Wildman–Crippen LogP) is 5.82. The molecule has 3 aromatic rings. The lowest BCUT2D eigenvalue weighted by Gasteiger charge is -2.19. The number of aryl methyl sites for hydroxylation is 1. The molecular weight excluding hydrogens is 510 g/mol. The van der Waals surface area contributed by atoms with E-state index >= 15 is 0 Å². The van der Waals surface area contributed by atoms with Crippen molar-refractivity contribution in [3.63, 3.8) is 0 Å². The van der Waals surface area contributed by atoms with Gasteiger partial charge >= 0.3 is 5.97 Å². The molecule has 0 atom stereocenters. The molecule has 7 nitrogen and oxygen atoms in total. The molecule has 0 unspecified atom stereocenters. The maximum absolute atomic E-state index is 12.3. The highest BCUT2D eigenvalue weighted by Gasteiger charge is 2.19. The van der Waals surface area contributed by atoms with Crippen LogP contribution >= 0.6 is 15.9 Å². The van der Waals surface area contributed by atoms with Crippen LogP contribution in [0.25, 0.3) is 16.9 Å². The first kappa shape index (κ1) is 23.0. The number of esters is 1. The number of hydroxylamine groups is 3. The van der Waals surface area contributed by atoms with Crippen LogP contribution in [0.15, 0.2) is 94.9 Å². The van der Waals surface area contributed by atoms with E-state index in [1.807, 2.05) is 61.7 Å². The molecule has 3 heterocycles. The number of fused-ring (bicyclic) bond motifs is 1. The molecule has 0 bridgehead atoms. The number of carbonyl (C=O) groups is 1. The molecule has 178 valence electrons. The molecule has 0 radical (unpaired) electrons. The summed E-state index contributed by atoms with van der Waals surface area (Å²) in [6.07, 6.45) is 7.59. The lowest BCUT2D eigenvalue weighted by molar-refractivity contribution is -0.112. The molecule has 0 saturated carbocycles. The Bertz CT molecular complexity index is 1370. The molecule has 1 aromatic heterocycles. The summed E-state index contributed by atoms with van der Waals surface area (Å²) in [5.41, 5.74) is 8.96. The summed E-state index contributed by atoms with van der Waals surface area (Å²) in [6.45, 7) is 4.57. The van der Waals surface area contributed by atoms with Crippen LogP contribution in [0.4, 0.5) is 0 Å². The van der Waals surface area contributed by atoms with E-state index in [-0.39, 0.29) is 5.97 Å². The third-order valence-electron chi connectivity index (χ3n) is 5.67. The van der Waals surface area contributed by atoms with E-state index in [2.05, 4.69) is 38.1 Å². The number of aromatic nitrogens is 1. The van der Waals surface area contributed by atoms with Gasteiger partial charge in [-0.1, -0.05) is 22.0 Å². The number of nitrogens with one attached hydrogen (secondary N) is 1. The SMILES string of the molecule is CCOC(=O)c1cccc(-n2c(C)ccc2-c2cc(Br)ccc2OCC2=CC3=CNON3C=C2)c1. The zero-order valence-corrected chi connectivity index (χ0v) is 20.9. The standard InChI is InChI=1S/C27H24BrN3O4/c1-3-33-27(32)20-5-4-6-22(14-20)31-18(2)7-9-25(31)24-15-21(28)8-10-26(24)34-17-19-11-12-30-23(13-19)16-29-35-30/h4-16,29H,3,17H2,1-2H3. The number of ether oxygens (including phenoxy) is 2. The highest BCUT2D eigenvalue weighted by molar-refractivity contribution is 9.10. The Morgan fingerprint density at radius 3 is 2.89 bits per heavy atom. The van der Waals surface area contributed by atoms with Crippen LogP contribution in [-0.4, -0.2) is 28.8 Å². The van der Waals surface area contributed by atoms with Gasteiger partial charge in [-0.15, -0.1) is 0 Å². The Kier molecular flexibility index (Phi) is 6.48. The highest BCUT2D eigenvalue weighted by atomic mass is 79.9. The normalized spacial score (nSPS) is 14.2. The molecule has 1 N–H and O–H groups in total. The van der Waals surface area contributed by atoms with Crippen molar-refractivity contribution < 1.29 is 19.2 Å². The number of hydrogen-bond acceptors (Lipinski definition) is 6. The van der Waals surface area contributed by atoms with Gasteiger partial charge in [-0.2, -0.15) is 4.94 Å². The van der Waals surface area contributed by atoms with Gasteiger partial charge in [-0.05, 0) is 80.1 Å². The van der Waals surface area contributed by atoms with E-state index in [9.17, 15) is 4.79 Å². The van der Waals surface area contributed by atoms with Crippen molar-refractivity contribution in [2.75, 3.05) is 13.2 Å². The average molecular weight is 534 g/mol. The summed E-state index contributed by atoms with van der Waals surface area (Å²) in [6, 6.07) is 17.5. The van der Waals surface area contributed by atoms with E-state index in [1.165, 1.54) is 0 Å². The fraction of sp³-hybridized carbons (Fsp3) is 0.148. The van der Waals surface area contributed by atoms with Crippen molar-refractivity contribution in [2.45, 2.75) is 13.8 Å². The molecule has 0 saturated heterocycles. The monoisotopic (exact) mass is 533 g/mol. The Morgan fingerprint density at radius 2 is 2.03 bits per heavy atom. The molecule has 0 aliphatic carbocycles. The first-order chi connectivity index (χ1) is 17.0. The van der Waals surface area contributed by atoms with Gasteiger partial charge in [0.2, 0.25) is 0 Å². The van der Waals surface area contributed by atoms with Crippen molar-refractivity contribution in [2.24, 2.45) is 0 Å². The maximum atomic E-state index is 12.3. The molecule has 8 heteroatoms. The number of carbonyl (C=O) groups excluding carboxylic acids is 1. The zero-order valence-electron chi connectivity index (χ0n) is 19.3. The van der Waals surface area contributed by atoms with E-state index in [4.69, 9.17) is 14.4 Å². The minimum Gasteiger partial charge on any atom is -0.488 e. The quantitative estimate of drug-likeness (QED) is 0.386. The summed E-state index contributed by atoms with van der Waals surface area (Å²) >= 11 is 3.61. The van der Waals surface area contributed by atoms with E-state index < -0.39 is 0 Å². The summed E-state index contributed by atoms with van der Waals surface area (Å²) in [7, 11) is 0. The molecule has 2 aliphatic heterocycles. The predicted molar refractivity (Wildman–Crippen MR) is 136 cm³/mol. The van der Waals surface area contributed by atoms with Crippen molar-refractivity contribution in [1.82, 2.24) is 15.1 Å². The van der Waals surface area contributed by atoms with Gasteiger partial charge in [0.25, 0.3) is 0 Å². The van der Waals surface area contributed by atoms with Crippen LogP contribution in [-0.2, 0) is 9.68 Å². The van der Waals surface area contributed by atoms with Gasteiger partial charge in [-0.3, -0.25) is 0 Å². The number of nitrogens with zero attached hydrogens (tertiary/aromatic N) is 2. The largest absolute Gasteiger partial charge is 0.488 e. The second-order valence-corrected chi connectivity index (χ2v) is 8.95. The Balaban J connectivity index is 1.48. The Morgan fingerprint density at radius 1 is 1.14 bits per heavy atom. The van der Waals surface area contributed by atoms with Crippen LogP contribution in [0, 0.1) is 6.92 Å². The van der Waals surface area contributed by atoms with E-state index in [0.29, 0.717) is 18.8 Å². The van der Waals surface area contributed by atoms with E-state index in [0.717, 1.165) is 44.1 Å². The molecule has 0 spiro atoms. The lowest BCUT2D eigenvalue weighted by atomic mass is 10.1. The Labute approximate surface area is 211 Å². The van der Waals surface area contributed by atoms with Crippen LogP contribution in [0.5, 0.6) is 5.75 Å². The van der Waals surface area contributed by atoms with Crippen LogP contribution in [0.3, 0.4) is 0 Å². The van der Waals surface area contributed by atoms with Crippen molar-refractivity contribution >= 4 is 21.9 Å². The summed E-state index contributed by atoms with van der Waals surface area (Å²) in [4.78, 5) is 17.6. The number of allylic oxidation sites excluding steroid dienone is 1. The topological polar surface area (TPSA) is 65.0 Å². The van der Waals surface area contributed by atoms with Crippen LogP contribution in [0.1, 0.15) is 23.0 Å². The third-order valence-corrected chi connectivity index (χ3v) is 6.17. The van der Waals surface area contributed by atoms with Gasteiger partial charge in [-0.25, -0.2) is 15.3 Å². The zero-order chi connectivity index (χ0) is 24.4. The van der Waals surface area contributed by atoms with Crippen molar-refractivity contribution in [1.29, 1.82) is 0 Å². The van der Waals surface area contributed by atoms with Gasteiger partial charge in [0.1, 0.15) is 12.4 Å². The second-order valence-electron chi connectivity index (χ2n) is 8.03. The molecule has 2 aliphatic rings. The lowest BCUT2D eigenvalue weighted by Crippen LogP contribution is -2.17. The minimum absolute atomic E-state index is 0.333. The first-order valence-corrected chi connectivity index (χ1v) is 12.0. The van der Waals surface area contributed by atoms with Crippen LogP contribution in [0.2, 0.25) is 0 Å². The summed E-state index contributed by atoms with van der Waals surface area (Å²) in [5, 5.41) is 1.65. The molecule has 2 aromatic carbocycles. The fourth-order valence-electron chi connectivity index (χ4n) is 4.04. The van der Waals surface area contributed by atoms with Gasteiger partial charge in [0.15, 0.2) is 0 Å². The molecule has 0 amide bonds. The van der Waals surface area contributed by atoms with Crippen LogP contribution < -0.4 is 10.2 Å². The number of benzene rings is 2. The molecular formula is C27H24BrN3O4. The van der Waals surface area contributed by atoms with Gasteiger partial charge < -0.3 is 14.0 Å². The molecule has 35 heavy (non-hydrogen) atoms. The van der Waals surface area contributed by atoms with Gasteiger partial charge in [0.05, 0.1) is 29.8 Å². The van der Waals surface area contributed by atoms with E-state index in [1.54, 1.807) is 24.3 Å². The number of halogens is 1. The molecule has 5 rings (SSSR count). The van der Waals surface area contributed by atoms with Crippen molar-refractivity contribution in [3.8, 4) is 22.7 Å². The number of hydrogen-bond donors (Lipinski definition) is 1. The first-order valence-electron chi connectivity index (χ1n) is 11.2. The minimum atomic E-state index is -0.336. The Hall–Kier alpha value is -3.75. The maximum Gasteiger partial charge on any atom is 0.338 e. The smallest absolute Gasteiger partial charge is 0.338 e. The highest BCUT2D eigenvalue weighted by Crippen LogP contribution is 2.36.